The molecule has 8 nitrogen and oxygen atoms in total. The van der Waals surface area contributed by atoms with Crippen molar-refractivity contribution < 1.29 is 14.9 Å². The molecule has 2 aromatic heterocycles. The molecule has 0 spiro atoms. The van der Waals surface area contributed by atoms with Crippen LogP contribution in [0.4, 0.5) is 0 Å². The van der Waals surface area contributed by atoms with E-state index >= 15 is 0 Å². The van der Waals surface area contributed by atoms with Crippen LogP contribution in [0.25, 0.3) is 22.5 Å². The second-order valence-electron chi connectivity index (χ2n) is 8.93. The first-order chi connectivity index (χ1) is 18.5. The molecule has 0 amide bonds. The molecule has 0 aliphatic carbocycles. The van der Waals surface area contributed by atoms with E-state index in [9.17, 15) is 9.90 Å². The summed E-state index contributed by atoms with van der Waals surface area (Å²) in [6.45, 7) is 2.08. The normalized spacial score (nSPS) is 12.8. The highest BCUT2D eigenvalue weighted by Gasteiger charge is 2.31. The van der Waals surface area contributed by atoms with Crippen molar-refractivity contribution in [1.29, 1.82) is 0 Å². The summed E-state index contributed by atoms with van der Waals surface area (Å²) in [4.78, 5) is 24.1. The van der Waals surface area contributed by atoms with Gasteiger partial charge in [0, 0.05) is 16.5 Å². The third-order valence-corrected chi connectivity index (χ3v) is 6.77. The molecule has 0 aliphatic heterocycles. The SMILES string of the molecule is C[C@@H](c1ccccc1)[C@@H](c1ncc(-c2ccc(Cl)cc2)[nH]1)n1c(O)c(-c2ccc(OCCO)cc2)[nH]c1=O. The molecule has 0 unspecified atom stereocenters. The molecule has 5 aromatic rings. The van der Waals surface area contributed by atoms with Crippen LogP contribution in [0.2, 0.25) is 5.02 Å². The van der Waals surface area contributed by atoms with Crippen molar-refractivity contribution in [3.8, 4) is 34.1 Å². The highest BCUT2D eigenvalue weighted by molar-refractivity contribution is 6.30. The van der Waals surface area contributed by atoms with Crippen LogP contribution in [0.1, 0.15) is 30.3 Å². The van der Waals surface area contributed by atoms with Gasteiger partial charge in [0.05, 0.1) is 18.5 Å². The Balaban J connectivity index is 1.58. The van der Waals surface area contributed by atoms with Gasteiger partial charge < -0.3 is 24.9 Å². The minimum Gasteiger partial charge on any atom is -0.493 e. The summed E-state index contributed by atoms with van der Waals surface area (Å²) < 4.78 is 6.76. The van der Waals surface area contributed by atoms with Crippen LogP contribution in [0.5, 0.6) is 11.6 Å². The van der Waals surface area contributed by atoms with Crippen molar-refractivity contribution in [1.82, 2.24) is 19.5 Å². The summed E-state index contributed by atoms with van der Waals surface area (Å²) in [5.74, 6) is 0.685. The summed E-state index contributed by atoms with van der Waals surface area (Å²) in [6, 6.07) is 23.5. The van der Waals surface area contributed by atoms with Crippen LogP contribution in [-0.2, 0) is 0 Å². The topological polar surface area (TPSA) is 116 Å². The van der Waals surface area contributed by atoms with Gasteiger partial charge in [-0.1, -0.05) is 61.0 Å². The molecule has 38 heavy (non-hydrogen) atoms. The van der Waals surface area contributed by atoms with Gasteiger partial charge in [0.25, 0.3) is 0 Å². The molecule has 9 heteroatoms. The quantitative estimate of drug-likeness (QED) is 0.205. The van der Waals surface area contributed by atoms with Gasteiger partial charge in [0.15, 0.2) is 0 Å². The maximum atomic E-state index is 13.3. The molecule has 3 aromatic carbocycles. The lowest BCUT2D eigenvalue weighted by molar-refractivity contribution is 0.201. The van der Waals surface area contributed by atoms with E-state index in [-0.39, 0.29) is 25.0 Å². The van der Waals surface area contributed by atoms with Crippen molar-refractivity contribution in [3.05, 3.63) is 112 Å². The first kappa shape index (κ1) is 25.4. The van der Waals surface area contributed by atoms with E-state index in [4.69, 9.17) is 21.4 Å². The molecule has 194 valence electrons. The number of benzene rings is 3. The fourth-order valence-corrected chi connectivity index (χ4v) is 4.69. The zero-order valence-electron chi connectivity index (χ0n) is 20.6. The molecule has 2 heterocycles. The zero-order valence-corrected chi connectivity index (χ0v) is 21.4. The minimum absolute atomic E-state index is 0.0911. The van der Waals surface area contributed by atoms with Crippen molar-refractivity contribution in [2.75, 3.05) is 13.2 Å². The summed E-state index contributed by atoms with van der Waals surface area (Å²) >= 11 is 6.05. The molecule has 0 saturated carbocycles. The predicted octanol–water partition coefficient (Wildman–Crippen LogP) is 5.36. The number of ether oxygens (including phenoxy) is 1. The number of hydrogen-bond donors (Lipinski definition) is 4. The second-order valence-corrected chi connectivity index (χ2v) is 9.36. The van der Waals surface area contributed by atoms with Crippen LogP contribution in [0.3, 0.4) is 0 Å². The summed E-state index contributed by atoms with van der Waals surface area (Å²) in [5, 5.41) is 21.0. The van der Waals surface area contributed by atoms with Crippen LogP contribution in [0.15, 0.2) is 89.9 Å². The molecule has 5 rings (SSSR count). The number of aliphatic hydroxyl groups is 1. The standard InChI is InChI=1S/C29H27ClN4O4/c1-18(19-5-3-2-4-6-19)26(27-31-17-24(32-27)20-7-11-22(30)12-8-20)34-28(36)25(33-29(34)37)21-9-13-23(14-10-21)38-16-15-35/h2-14,17-18,26,35-36H,15-16H2,1H3,(H,31,32)(H,33,37)/t18-,26-/m0/s1. The number of aromatic hydroxyl groups is 1. The van der Waals surface area contributed by atoms with Crippen molar-refractivity contribution in [2.45, 2.75) is 18.9 Å². The van der Waals surface area contributed by atoms with E-state index in [0.29, 0.717) is 27.9 Å². The summed E-state index contributed by atoms with van der Waals surface area (Å²) in [7, 11) is 0. The lowest BCUT2D eigenvalue weighted by atomic mass is 9.92. The van der Waals surface area contributed by atoms with E-state index in [1.807, 2.05) is 49.4 Å². The molecule has 4 N–H and O–H groups in total. The number of nitrogens with one attached hydrogen (secondary N) is 2. The van der Waals surface area contributed by atoms with Gasteiger partial charge in [-0.2, -0.15) is 0 Å². The van der Waals surface area contributed by atoms with Crippen LogP contribution in [-0.4, -0.2) is 42.9 Å². The Bertz CT molecular complexity index is 1560. The maximum Gasteiger partial charge on any atom is 0.329 e. The Hall–Kier alpha value is -4.27. The van der Waals surface area contributed by atoms with E-state index < -0.39 is 11.7 Å². The average molecular weight is 531 g/mol. The number of hydrogen-bond acceptors (Lipinski definition) is 5. The van der Waals surface area contributed by atoms with E-state index in [0.717, 1.165) is 16.8 Å². The fraction of sp³-hybridized carbons (Fsp3) is 0.172. The van der Waals surface area contributed by atoms with Gasteiger partial charge in [-0.05, 0) is 47.5 Å². The summed E-state index contributed by atoms with van der Waals surface area (Å²) in [5.41, 5.74) is 3.09. The average Bonchev–Trinajstić information content (AvgIpc) is 3.54. The van der Waals surface area contributed by atoms with E-state index in [2.05, 4.69) is 15.0 Å². The van der Waals surface area contributed by atoms with Crippen molar-refractivity contribution in [2.24, 2.45) is 0 Å². The number of nitrogens with zero attached hydrogens (tertiary/aromatic N) is 2. The maximum absolute atomic E-state index is 13.3. The van der Waals surface area contributed by atoms with Crippen molar-refractivity contribution in [3.63, 3.8) is 0 Å². The number of aliphatic hydroxyl groups excluding tert-OH is 1. The third kappa shape index (κ3) is 5.09. The lowest BCUT2D eigenvalue weighted by Crippen LogP contribution is -2.27. The third-order valence-electron chi connectivity index (χ3n) is 6.51. The van der Waals surface area contributed by atoms with Gasteiger partial charge in [0.2, 0.25) is 5.88 Å². The van der Waals surface area contributed by atoms with Crippen LogP contribution in [0, 0.1) is 0 Å². The number of imidazole rings is 2. The smallest absolute Gasteiger partial charge is 0.329 e. The monoisotopic (exact) mass is 530 g/mol. The van der Waals surface area contributed by atoms with Crippen molar-refractivity contribution >= 4 is 11.6 Å². The second kappa shape index (κ2) is 11.0. The minimum atomic E-state index is -0.636. The largest absolute Gasteiger partial charge is 0.493 e. The van der Waals surface area contributed by atoms with Gasteiger partial charge >= 0.3 is 5.69 Å². The first-order valence-corrected chi connectivity index (χ1v) is 12.6. The van der Waals surface area contributed by atoms with E-state index in [1.165, 1.54) is 4.57 Å². The van der Waals surface area contributed by atoms with Crippen LogP contribution < -0.4 is 10.4 Å². The lowest BCUT2D eigenvalue weighted by Gasteiger charge is -2.24. The molecule has 0 aliphatic rings. The van der Waals surface area contributed by atoms with Crippen LogP contribution >= 0.6 is 11.6 Å². The van der Waals surface area contributed by atoms with Gasteiger partial charge in [-0.3, -0.25) is 4.57 Å². The highest BCUT2D eigenvalue weighted by atomic mass is 35.5. The zero-order chi connectivity index (χ0) is 26.6. The molecular weight excluding hydrogens is 504 g/mol. The Morgan fingerprint density at radius 3 is 2.34 bits per heavy atom. The first-order valence-electron chi connectivity index (χ1n) is 12.2. The molecule has 0 bridgehead atoms. The molecular formula is C29H27ClN4O4. The number of aromatic amines is 2. The Labute approximate surface area is 224 Å². The number of halogens is 1. The predicted molar refractivity (Wildman–Crippen MR) is 147 cm³/mol. The molecule has 0 saturated heterocycles. The van der Waals surface area contributed by atoms with E-state index in [1.54, 1.807) is 42.6 Å². The molecule has 2 atom stereocenters. The number of rotatable bonds is 9. The van der Waals surface area contributed by atoms with Gasteiger partial charge in [-0.25, -0.2) is 9.78 Å². The number of H-pyrrole nitrogens is 2. The highest BCUT2D eigenvalue weighted by Crippen LogP contribution is 2.38. The Kier molecular flexibility index (Phi) is 7.35. The number of aromatic nitrogens is 4. The van der Waals surface area contributed by atoms with Gasteiger partial charge in [-0.15, -0.1) is 0 Å². The Morgan fingerprint density at radius 2 is 1.66 bits per heavy atom. The fourth-order valence-electron chi connectivity index (χ4n) is 4.57. The molecule has 0 fully saturated rings. The Morgan fingerprint density at radius 1 is 0.974 bits per heavy atom. The molecule has 0 radical (unpaired) electrons. The summed E-state index contributed by atoms with van der Waals surface area (Å²) in [6.07, 6.45) is 1.71. The van der Waals surface area contributed by atoms with Gasteiger partial charge in [0.1, 0.15) is 29.9 Å².